The first-order valence-corrected chi connectivity index (χ1v) is 5.83. The molecule has 18 heavy (non-hydrogen) atoms. The highest BCUT2D eigenvalue weighted by Crippen LogP contribution is 2.29. The summed E-state index contributed by atoms with van der Waals surface area (Å²) in [5, 5.41) is 13.5. The molecule has 102 valence electrons. The summed E-state index contributed by atoms with van der Waals surface area (Å²) in [7, 11) is 0. The fraction of sp³-hybridized carbons (Fsp3) is 0.818. The number of nitrogens with zero attached hydrogens (tertiary/aromatic N) is 2. The molecule has 1 aliphatic rings. The monoisotopic (exact) mass is 262 g/mol. The minimum atomic E-state index is -3.13. The van der Waals surface area contributed by atoms with E-state index in [1.54, 1.807) is 0 Å². The quantitative estimate of drug-likeness (QED) is 0.897. The third kappa shape index (κ3) is 3.02. The Labute approximate surface area is 103 Å². The van der Waals surface area contributed by atoms with Crippen LogP contribution in [0.1, 0.15) is 38.4 Å². The van der Waals surface area contributed by atoms with Gasteiger partial charge in [0, 0.05) is 26.4 Å². The summed E-state index contributed by atoms with van der Waals surface area (Å²) in [5.41, 5.74) is -1.02. The predicted molar refractivity (Wildman–Crippen MR) is 57.2 cm³/mol. The fourth-order valence-electron chi connectivity index (χ4n) is 2.09. The molecule has 0 spiro atoms. The second kappa shape index (κ2) is 4.55. The van der Waals surface area contributed by atoms with Crippen LogP contribution in [0.5, 0.6) is 0 Å². The highest BCUT2D eigenvalue weighted by atomic mass is 19.3. The first-order chi connectivity index (χ1) is 8.28. The second-order valence-corrected chi connectivity index (χ2v) is 4.94. The van der Waals surface area contributed by atoms with Crippen molar-refractivity contribution >= 4 is 0 Å². The van der Waals surface area contributed by atoms with Gasteiger partial charge in [-0.3, -0.25) is 0 Å². The van der Waals surface area contributed by atoms with E-state index < -0.39 is 17.3 Å². The van der Waals surface area contributed by atoms with E-state index in [2.05, 4.69) is 10.1 Å². The molecule has 0 amide bonds. The molecular formula is C11H16F2N2O3. The topological polar surface area (TPSA) is 68.4 Å². The molecule has 2 atom stereocenters. The summed E-state index contributed by atoms with van der Waals surface area (Å²) in [6, 6.07) is 0. The van der Waals surface area contributed by atoms with Gasteiger partial charge in [-0.25, -0.2) is 0 Å². The third-order valence-electron chi connectivity index (χ3n) is 2.98. The van der Waals surface area contributed by atoms with Crippen LogP contribution in [0.25, 0.3) is 0 Å². The summed E-state index contributed by atoms with van der Waals surface area (Å²) in [6.45, 7) is 2.99. The van der Waals surface area contributed by atoms with Gasteiger partial charge in [0.05, 0.1) is 18.1 Å². The number of halogens is 2. The largest absolute Gasteiger partial charge is 0.389 e. The average molecular weight is 262 g/mol. The summed E-state index contributed by atoms with van der Waals surface area (Å²) < 4.78 is 35.9. The number of ether oxygens (including phenoxy) is 1. The van der Waals surface area contributed by atoms with Gasteiger partial charge in [-0.15, -0.1) is 0 Å². The molecule has 0 radical (unpaired) electrons. The molecule has 1 saturated heterocycles. The number of hydrogen-bond acceptors (Lipinski definition) is 5. The van der Waals surface area contributed by atoms with Crippen molar-refractivity contribution in [2.75, 3.05) is 6.61 Å². The van der Waals surface area contributed by atoms with Gasteiger partial charge in [0.25, 0.3) is 0 Å². The molecule has 0 aromatic carbocycles. The Morgan fingerprint density at radius 1 is 1.56 bits per heavy atom. The predicted octanol–water partition coefficient (Wildman–Crippen LogP) is 1.65. The number of alkyl halides is 2. The first-order valence-electron chi connectivity index (χ1n) is 5.83. The standard InChI is InChI=1S/C11H16F2N2O3/c1-7-5-11(16,3-4-17-7)6-8-14-9(15-18-8)10(2,12)13/h7,16H,3-6H2,1-2H3/t7-,11+/m1/s1. The Morgan fingerprint density at radius 3 is 2.83 bits per heavy atom. The fourth-order valence-corrected chi connectivity index (χ4v) is 2.09. The van der Waals surface area contributed by atoms with Crippen molar-refractivity contribution in [1.29, 1.82) is 0 Å². The average Bonchev–Trinajstić information content (AvgIpc) is 2.64. The van der Waals surface area contributed by atoms with Crippen LogP contribution in [-0.4, -0.2) is 33.6 Å². The molecule has 2 rings (SSSR count). The molecule has 1 aliphatic heterocycles. The maximum atomic E-state index is 12.9. The van der Waals surface area contributed by atoms with Gasteiger partial charge in [0.15, 0.2) is 0 Å². The van der Waals surface area contributed by atoms with E-state index in [1.165, 1.54) is 0 Å². The van der Waals surface area contributed by atoms with Gasteiger partial charge in [-0.1, -0.05) is 5.16 Å². The van der Waals surface area contributed by atoms with Crippen LogP contribution >= 0.6 is 0 Å². The Morgan fingerprint density at radius 2 is 2.28 bits per heavy atom. The Balaban J connectivity index is 2.07. The van der Waals surface area contributed by atoms with E-state index in [4.69, 9.17) is 9.26 Å². The molecule has 0 saturated carbocycles. The second-order valence-electron chi connectivity index (χ2n) is 4.94. The summed E-state index contributed by atoms with van der Waals surface area (Å²) in [4.78, 5) is 3.62. The van der Waals surface area contributed by atoms with E-state index in [0.29, 0.717) is 26.4 Å². The minimum Gasteiger partial charge on any atom is -0.389 e. The normalized spacial score (nSPS) is 29.5. The molecule has 5 nitrogen and oxygen atoms in total. The van der Waals surface area contributed by atoms with Crippen LogP contribution < -0.4 is 0 Å². The third-order valence-corrected chi connectivity index (χ3v) is 2.98. The number of hydrogen-bond donors (Lipinski definition) is 1. The lowest BCUT2D eigenvalue weighted by atomic mass is 9.88. The van der Waals surface area contributed by atoms with E-state index in [-0.39, 0.29) is 18.4 Å². The zero-order valence-electron chi connectivity index (χ0n) is 10.3. The Hall–Kier alpha value is -1.08. The summed E-state index contributed by atoms with van der Waals surface area (Å²) >= 11 is 0. The molecule has 7 heteroatoms. The van der Waals surface area contributed by atoms with Crippen molar-refractivity contribution < 1.29 is 23.1 Å². The number of aliphatic hydroxyl groups is 1. The van der Waals surface area contributed by atoms with E-state index >= 15 is 0 Å². The molecular weight excluding hydrogens is 246 g/mol. The van der Waals surface area contributed by atoms with Crippen LogP contribution in [-0.2, 0) is 17.1 Å². The molecule has 1 aromatic heterocycles. The van der Waals surface area contributed by atoms with Gasteiger partial charge in [0.1, 0.15) is 0 Å². The highest BCUT2D eigenvalue weighted by Gasteiger charge is 2.37. The molecule has 2 heterocycles. The van der Waals surface area contributed by atoms with Crippen LogP contribution in [0.4, 0.5) is 8.78 Å². The van der Waals surface area contributed by atoms with Crippen molar-refractivity contribution in [2.45, 2.75) is 50.7 Å². The van der Waals surface area contributed by atoms with Crippen molar-refractivity contribution in [1.82, 2.24) is 10.1 Å². The summed E-state index contributed by atoms with van der Waals surface area (Å²) in [5.74, 6) is -3.75. The highest BCUT2D eigenvalue weighted by molar-refractivity contribution is 4.98. The Bertz CT molecular complexity index is 419. The SMILES string of the molecule is C[C@@H]1C[C@](O)(Cc2nc(C(C)(F)F)no2)CCO1. The van der Waals surface area contributed by atoms with Crippen LogP contribution in [0, 0.1) is 0 Å². The zero-order chi connectivity index (χ0) is 13.4. The van der Waals surface area contributed by atoms with Crippen molar-refractivity contribution in [2.24, 2.45) is 0 Å². The Kier molecular flexibility index (Phi) is 3.37. The van der Waals surface area contributed by atoms with Gasteiger partial charge in [0.2, 0.25) is 11.7 Å². The van der Waals surface area contributed by atoms with E-state index in [0.717, 1.165) is 0 Å². The van der Waals surface area contributed by atoms with Crippen LogP contribution in [0.3, 0.4) is 0 Å². The van der Waals surface area contributed by atoms with Gasteiger partial charge in [-0.2, -0.15) is 13.8 Å². The molecule has 1 N–H and O–H groups in total. The first kappa shape index (κ1) is 13.4. The van der Waals surface area contributed by atoms with Gasteiger partial charge >= 0.3 is 5.92 Å². The summed E-state index contributed by atoms with van der Waals surface area (Å²) in [6.07, 6.45) is 0.855. The van der Waals surface area contributed by atoms with Crippen molar-refractivity contribution in [3.63, 3.8) is 0 Å². The molecule has 0 bridgehead atoms. The van der Waals surface area contributed by atoms with Crippen molar-refractivity contribution in [3.05, 3.63) is 11.7 Å². The van der Waals surface area contributed by atoms with E-state index in [9.17, 15) is 13.9 Å². The smallest absolute Gasteiger partial charge is 0.307 e. The van der Waals surface area contributed by atoms with Crippen LogP contribution in [0.15, 0.2) is 4.52 Å². The maximum Gasteiger partial charge on any atom is 0.307 e. The molecule has 0 aliphatic carbocycles. The lowest BCUT2D eigenvalue weighted by molar-refractivity contribution is -0.0987. The van der Waals surface area contributed by atoms with Gasteiger partial charge < -0.3 is 14.4 Å². The number of rotatable bonds is 3. The molecule has 0 unspecified atom stereocenters. The van der Waals surface area contributed by atoms with Crippen molar-refractivity contribution in [3.8, 4) is 0 Å². The minimum absolute atomic E-state index is 0.0307. The lowest BCUT2D eigenvalue weighted by Gasteiger charge is -2.34. The van der Waals surface area contributed by atoms with E-state index in [1.807, 2.05) is 6.92 Å². The zero-order valence-corrected chi connectivity index (χ0v) is 10.3. The lowest BCUT2D eigenvalue weighted by Crippen LogP contribution is -2.41. The number of aromatic nitrogens is 2. The maximum absolute atomic E-state index is 12.9. The molecule has 1 aromatic rings. The molecule has 1 fully saturated rings. The van der Waals surface area contributed by atoms with Gasteiger partial charge in [-0.05, 0) is 6.92 Å². The van der Waals surface area contributed by atoms with Crippen LogP contribution in [0.2, 0.25) is 0 Å².